The van der Waals surface area contributed by atoms with E-state index in [9.17, 15) is 9.59 Å². The lowest BCUT2D eigenvalue weighted by atomic mass is 9.48. The van der Waals surface area contributed by atoms with E-state index in [1.54, 1.807) is 0 Å². The first kappa shape index (κ1) is 32.5. The van der Waals surface area contributed by atoms with E-state index in [0.717, 1.165) is 28.7 Å². The van der Waals surface area contributed by atoms with E-state index in [1.807, 2.05) is 24.3 Å². The molecule has 210 valence electrons. The molecule has 38 heavy (non-hydrogen) atoms. The van der Waals surface area contributed by atoms with Gasteiger partial charge in [-0.1, -0.05) is 18.2 Å². The van der Waals surface area contributed by atoms with Gasteiger partial charge in [-0.3, -0.25) is 25.4 Å². The minimum atomic E-state index is -0.781. The van der Waals surface area contributed by atoms with E-state index < -0.39 is 17.9 Å². The lowest BCUT2D eigenvalue weighted by Gasteiger charge is -2.57. The summed E-state index contributed by atoms with van der Waals surface area (Å²) in [5.74, 6) is 1.47. The first-order valence-corrected chi connectivity index (χ1v) is 12.6. The summed E-state index contributed by atoms with van der Waals surface area (Å²) in [5.41, 5.74) is 24.0. The molecule has 4 aliphatic rings. The molecule has 4 bridgehead atoms. The van der Waals surface area contributed by atoms with Gasteiger partial charge in [-0.25, -0.2) is 4.98 Å². The first-order chi connectivity index (χ1) is 16.8. The highest BCUT2D eigenvalue weighted by molar-refractivity contribution is 8.93. The van der Waals surface area contributed by atoms with Crippen molar-refractivity contribution < 1.29 is 9.59 Å². The normalized spacial score (nSPS) is 25.2. The van der Waals surface area contributed by atoms with Crippen molar-refractivity contribution in [1.29, 1.82) is 0 Å². The minimum Gasteiger partial charge on any atom is -0.370 e. The van der Waals surface area contributed by atoms with Crippen LogP contribution in [0.4, 0.5) is 0 Å². The number of hydrogen-bond donors (Lipinski definition) is 5. The maximum absolute atomic E-state index is 13.1. The lowest BCUT2D eigenvalue weighted by Crippen LogP contribution is -2.50. The Morgan fingerprint density at radius 3 is 2.21 bits per heavy atom. The third-order valence-corrected chi connectivity index (χ3v) is 8.16. The molecule has 4 saturated carbocycles. The summed E-state index contributed by atoms with van der Waals surface area (Å²) < 4.78 is 0. The number of guanidine groups is 1. The van der Waals surface area contributed by atoms with Crippen LogP contribution in [0.3, 0.4) is 0 Å². The molecule has 1 aromatic carbocycles. The van der Waals surface area contributed by atoms with Crippen LogP contribution in [0.1, 0.15) is 67.4 Å². The highest BCUT2D eigenvalue weighted by Gasteiger charge is 2.52. The van der Waals surface area contributed by atoms with E-state index >= 15 is 0 Å². The van der Waals surface area contributed by atoms with E-state index in [-0.39, 0.29) is 62.3 Å². The molecule has 9 nitrogen and oxygen atoms in total. The number of nitrogens with one attached hydrogen (secondary N) is 2. The monoisotopic (exact) mass is 717 g/mol. The van der Waals surface area contributed by atoms with Gasteiger partial charge in [0, 0.05) is 11.9 Å². The predicted molar refractivity (Wildman–Crippen MR) is 166 cm³/mol. The molecule has 4 aliphatic carbocycles. The maximum atomic E-state index is 13.1. The van der Waals surface area contributed by atoms with E-state index in [0.29, 0.717) is 25.1 Å². The highest BCUT2D eigenvalue weighted by Crippen LogP contribution is 2.61. The fraction of sp³-hybridized carbons (Fsp3) is 0.538. The van der Waals surface area contributed by atoms with Crippen LogP contribution >= 0.6 is 50.9 Å². The van der Waals surface area contributed by atoms with Crippen LogP contribution < -0.4 is 28.1 Å². The Labute approximate surface area is 254 Å². The Kier molecular flexibility index (Phi) is 11.6. The fourth-order valence-corrected chi connectivity index (χ4v) is 7.10. The molecule has 8 N–H and O–H groups in total. The van der Waals surface area contributed by atoms with Crippen LogP contribution in [-0.4, -0.2) is 35.3 Å². The van der Waals surface area contributed by atoms with Gasteiger partial charge in [0.1, 0.15) is 5.69 Å². The number of nitrogens with two attached hydrogens (primary N) is 3. The van der Waals surface area contributed by atoms with Gasteiger partial charge in [-0.05, 0) is 92.2 Å². The quantitative estimate of drug-likeness (QED) is 0.127. The zero-order chi connectivity index (χ0) is 24.6. The second-order valence-corrected chi connectivity index (χ2v) is 10.8. The van der Waals surface area contributed by atoms with Crippen LogP contribution in [0.5, 0.6) is 0 Å². The zero-order valence-electron chi connectivity index (χ0n) is 21.2. The number of hydrazine groups is 1. The van der Waals surface area contributed by atoms with Gasteiger partial charge in [0.25, 0.3) is 11.8 Å². The number of halogens is 3. The molecule has 12 heteroatoms. The second-order valence-electron chi connectivity index (χ2n) is 10.8. The molecule has 6 rings (SSSR count). The molecule has 0 spiro atoms. The van der Waals surface area contributed by atoms with Gasteiger partial charge in [0.15, 0.2) is 5.96 Å². The van der Waals surface area contributed by atoms with Crippen molar-refractivity contribution in [2.24, 2.45) is 39.9 Å². The van der Waals surface area contributed by atoms with E-state index in [2.05, 4.69) is 26.9 Å². The van der Waals surface area contributed by atoms with Gasteiger partial charge in [-0.2, -0.15) is 0 Å². The molecule has 2 aromatic rings. The minimum absolute atomic E-state index is 0. The van der Waals surface area contributed by atoms with Gasteiger partial charge in [0.05, 0.1) is 11.6 Å². The number of aliphatic imine (C=N–C) groups is 1. The zero-order valence-corrected chi connectivity index (χ0v) is 26.4. The molecular formula is C26H38Br3N7O2. The van der Waals surface area contributed by atoms with Gasteiger partial charge in [0.2, 0.25) is 0 Å². The van der Waals surface area contributed by atoms with Crippen molar-refractivity contribution in [2.75, 3.05) is 6.54 Å². The number of aromatic nitrogens is 1. The number of benzene rings is 1. The molecule has 1 atom stereocenters. The molecule has 0 unspecified atom stereocenters. The van der Waals surface area contributed by atoms with Crippen molar-refractivity contribution in [2.45, 2.75) is 62.8 Å². The van der Waals surface area contributed by atoms with Crippen molar-refractivity contribution in [3.63, 3.8) is 0 Å². The Balaban J connectivity index is 0.00000169. The summed E-state index contributed by atoms with van der Waals surface area (Å²) in [6, 6.07) is 9.26. The molecule has 0 radical (unpaired) electrons. The Morgan fingerprint density at radius 1 is 1.00 bits per heavy atom. The fourth-order valence-electron chi connectivity index (χ4n) is 7.10. The van der Waals surface area contributed by atoms with Gasteiger partial charge in [-0.15, -0.1) is 50.9 Å². The van der Waals surface area contributed by atoms with Crippen molar-refractivity contribution in [3.05, 3.63) is 41.6 Å². The lowest BCUT2D eigenvalue weighted by molar-refractivity contribution is -0.123. The number of hydrogen-bond acceptors (Lipinski definition) is 5. The standard InChI is InChI=1S/C26H35N7O2.3BrH/c27-20(5-3-7-30-25(28)29)23(34)32-33-24(35)22-11-19(18-4-1-2-6-21(18)31-22)26-12-15-8-16(13-26)10-17(9-15)14-26;;;/h1-2,4,6,11,15-17,20H,3,5,7-10,12-14,27H2,(H,32,34)(H,33,35)(H4,28,29,30);3*1H/t15?,16?,17?,20-,26?;;;/m0.../s1. The number of carbonyl (C=O) groups excluding carboxylic acids is 2. The average molecular weight is 720 g/mol. The summed E-state index contributed by atoms with van der Waals surface area (Å²) in [6.45, 7) is 0.393. The number of amides is 2. The third-order valence-electron chi connectivity index (χ3n) is 8.16. The number of pyridine rings is 1. The number of para-hydroxylation sites is 1. The van der Waals surface area contributed by atoms with Crippen molar-refractivity contribution in [1.82, 2.24) is 15.8 Å². The van der Waals surface area contributed by atoms with E-state index in [4.69, 9.17) is 17.2 Å². The Hall–Kier alpha value is -1.76. The summed E-state index contributed by atoms with van der Waals surface area (Å²) in [6.07, 6.45) is 8.60. The SMILES string of the molecule is Br.Br.Br.NC(N)=NCCC[C@H](N)C(=O)NNC(=O)c1cc(C23CC4CC(CC(C4)C2)C3)c2ccccc2n1. The third kappa shape index (κ3) is 6.86. The molecule has 0 aliphatic heterocycles. The largest absolute Gasteiger partial charge is 0.370 e. The smallest absolute Gasteiger partial charge is 0.288 e. The summed E-state index contributed by atoms with van der Waals surface area (Å²) in [4.78, 5) is 33.9. The van der Waals surface area contributed by atoms with Crippen LogP contribution in [0.25, 0.3) is 10.9 Å². The van der Waals surface area contributed by atoms with Crippen molar-refractivity contribution >= 4 is 79.6 Å². The molecule has 1 heterocycles. The van der Waals surface area contributed by atoms with Crippen molar-refractivity contribution in [3.8, 4) is 0 Å². The second kappa shape index (κ2) is 13.5. The van der Waals surface area contributed by atoms with Gasteiger partial charge < -0.3 is 17.2 Å². The Morgan fingerprint density at radius 2 is 1.61 bits per heavy atom. The number of rotatable bonds is 7. The molecule has 2 amide bonds. The van der Waals surface area contributed by atoms with Crippen LogP contribution in [0.15, 0.2) is 35.3 Å². The van der Waals surface area contributed by atoms with Crippen LogP contribution in [0.2, 0.25) is 0 Å². The number of fused-ring (bicyclic) bond motifs is 1. The highest BCUT2D eigenvalue weighted by atomic mass is 79.9. The maximum Gasteiger partial charge on any atom is 0.288 e. The topological polar surface area (TPSA) is 162 Å². The molecule has 0 saturated heterocycles. The van der Waals surface area contributed by atoms with Gasteiger partial charge >= 0.3 is 0 Å². The summed E-state index contributed by atoms with van der Waals surface area (Å²) in [5, 5.41) is 1.14. The molecule has 1 aromatic heterocycles. The Bertz CT molecular complexity index is 1140. The predicted octanol–water partition coefficient (Wildman–Crippen LogP) is 3.58. The number of nitrogens with zero attached hydrogens (tertiary/aromatic N) is 2. The summed E-state index contributed by atoms with van der Waals surface area (Å²) >= 11 is 0. The van der Waals surface area contributed by atoms with E-state index in [1.165, 1.54) is 44.1 Å². The van der Waals surface area contributed by atoms with Crippen LogP contribution in [0, 0.1) is 17.8 Å². The van der Waals surface area contributed by atoms with Crippen LogP contribution in [-0.2, 0) is 10.2 Å². The number of carbonyl (C=O) groups is 2. The summed E-state index contributed by atoms with van der Waals surface area (Å²) in [7, 11) is 0. The molecular weight excluding hydrogens is 682 g/mol. The average Bonchev–Trinajstić information content (AvgIpc) is 2.83. The first-order valence-electron chi connectivity index (χ1n) is 12.6. The molecule has 4 fully saturated rings.